The van der Waals surface area contributed by atoms with E-state index in [1.165, 1.54) is 6.21 Å². The number of phenols is 1. The topological polar surface area (TPSA) is 49.9 Å². The molecule has 0 aliphatic carbocycles. The van der Waals surface area contributed by atoms with E-state index in [4.69, 9.17) is 0 Å². The van der Waals surface area contributed by atoms with Crippen molar-refractivity contribution >= 4 is 59.6 Å². The zero-order valence-corrected chi connectivity index (χ0v) is 15.5. The van der Waals surface area contributed by atoms with Gasteiger partial charge in [-0.15, -0.1) is 5.10 Å². The third-order valence-electron chi connectivity index (χ3n) is 3.11. The minimum absolute atomic E-state index is 0.142. The number of hydrogen-bond donors (Lipinski definition) is 1. The van der Waals surface area contributed by atoms with Crippen molar-refractivity contribution in [2.75, 3.05) is 0 Å². The average molecular weight is 441 g/mol. The van der Waals surface area contributed by atoms with Crippen molar-refractivity contribution in [3.05, 3.63) is 55.7 Å². The zero-order valence-electron chi connectivity index (χ0n) is 11.5. The first-order chi connectivity index (χ1) is 10.6. The number of para-hydroxylation sites is 1. The van der Waals surface area contributed by atoms with Gasteiger partial charge in [-0.25, -0.2) is 0 Å². The number of aromatic nitrogens is 1. The van der Waals surface area contributed by atoms with E-state index < -0.39 is 0 Å². The molecule has 1 aromatic heterocycles. The highest BCUT2D eigenvalue weighted by molar-refractivity contribution is 9.11. The second-order valence-corrected chi connectivity index (χ2v) is 7.36. The summed E-state index contributed by atoms with van der Waals surface area (Å²) in [5, 5.41) is 18.3. The van der Waals surface area contributed by atoms with Crippen LogP contribution in [0.25, 0.3) is 10.2 Å². The maximum Gasteiger partial charge on any atom is 0.211 e. The van der Waals surface area contributed by atoms with E-state index in [9.17, 15) is 5.11 Å². The van der Waals surface area contributed by atoms with Gasteiger partial charge >= 0.3 is 0 Å². The van der Waals surface area contributed by atoms with E-state index in [1.54, 1.807) is 23.5 Å². The van der Waals surface area contributed by atoms with Gasteiger partial charge in [0.2, 0.25) is 4.80 Å². The van der Waals surface area contributed by atoms with Crippen LogP contribution >= 0.6 is 43.2 Å². The molecule has 1 N–H and O–H groups in total. The van der Waals surface area contributed by atoms with E-state index in [1.807, 2.05) is 29.8 Å². The quantitative estimate of drug-likeness (QED) is 0.465. The Bertz CT molecular complexity index is 944. The maximum atomic E-state index is 9.98. The molecule has 0 bridgehead atoms. The van der Waals surface area contributed by atoms with Crippen LogP contribution < -0.4 is 4.80 Å². The standard InChI is InChI=1S/C15H11Br2N3OS/c1-20-12-4-2-3-5-13(12)22-15(20)19-18-8-9-6-10(16)7-11(17)14(9)21/h2-8,21H,1H3. The normalized spacial score (nSPS) is 12.6. The van der Waals surface area contributed by atoms with E-state index in [2.05, 4.69) is 48.1 Å². The number of aryl methyl sites for hydroxylation is 1. The molecule has 112 valence electrons. The summed E-state index contributed by atoms with van der Waals surface area (Å²) in [6.45, 7) is 0. The van der Waals surface area contributed by atoms with Crippen LogP contribution in [-0.2, 0) is 7.05 Å². The Morgan fingerprint density at radius 2 is 2.00 bits per heavy atom. The molecule has 22 heavy (non-hydrogen) atoms. The third-order valence-corrected chi connectivity index (χ3v) is 5.28. The summed E-state index contributed by atoms with van der Waals surface area (Å²) >= 11 is 8.25. The molecule has 0 spiro atoms. The Morgan fingerprint density at radius 1 is 1.23 bits per heavy atom. The highest BCUT2D eigenvalue weighted by Gasteiger charge is 2.05. The number of aromatic hydroxyl groups is 1. The van der Waals surface area contributed by atoms with Gasteiger partial charge in [-0.2, -0.15) is 5.10 Å². The molecule has 0 fully saturated rings. The lowest BCUT2D eigenvalue weighted by atomic mass is 10.2. The Kier molecular flexibility index (Phi) is 4.46. The van der Waals surface area contributed by atoms with Gasteiger partial charge in [0.05, 0.1) is 20.9 Å². The number of rotatable bonds is 2. The Hall–Kier alpha value is -1.44. The van der Waals surface area contributed by atoms with Crippen LogP contribution in [0, 0.1) is 0 Å². The van der Waals surface area contributed by atoms with Gasteiger partial charge in [-0.1, -0.05) is 39.4 Å². The zero-order chi connectivity index (χ0) is 15.7. The van der Waals surface area contributed by atoms with Gasteiger partial charge in [-0.05, 0) is 40.2 Å². The van der Waals surface area contributed by atoms with Gasteiger partial charge in [0.15, 0.2) is 0 Å². The molecule has 3 rings (SSSR count). The predicted molar refractivity (Wildman–Crippen MR) is 97.5 cm³/mol. The summed E-state index contributed by atoms with van der Waals surface area (Å²) in [5.74, 6) is 0.142. The number of phenolic OH excluding ortho intramolecular Hbond substituents is 1. The van der Waals surface area contributed by atoms with Crippen molar-refractivity contribution in [1.29, 1.82) is 0 Å². The number of fused-ring (bicyclic) bond motifs is 1. The molecule has 0 unspecified atom stereocenters. The van der Waals surface area contributed by atoms with Crippen LogP contribution in [0.4, 0.5) is 0 Å². The molecule has 4 nitrogen and oxygen atoms in total. The molecule has 1 heterocycles. The van der Waals surface area contributed by atoms with Crippen LogP contribution in [0.5, 0.6) is 5.75 Å². The van der Waals surface area contributed by atoms with Crippen molar-refractivity contribution in [3.8, 4) is 5.75 Å². The average Bonchev–Trinajstić information content (AvgIpc) is 2.81. The van der Waals surface area contributed by atoms with Gasteiger partial charge in [0.1, 0.15) is 5.75 Å². The fourth-order valence-electron chi connectivity index (χ4n) is 2.00. The third kappa shape index (κ3) is 3.02. The van der Waals surface area contributed by atoms with Crippen LogP contribution in [0.3, 0.4) is 0 Å². The molecular weight excluding hydrogens is 430 g/mol. The number of halogens is 2. The smallest absolute Gasteiger partial charge is 0.211 e. The van der Waals surface area contributed by atoms with E-state index in [0.717, 1.165) is 19.5 Å². The molecule has 7 heteroatoms. The number of hydrogen-bond acceptors (Lipinski definition) is 4. The van der Waals surface area contributed by atoms with Gasteiger partial charge in [0.25, 0.3) is 0 Å². The van der Waals surface area contributed by atoms with Crippen molar-refractivity contribution in [2.45, 2.75) is 0 Å². The summed E-state index contributed by atoms with van der Waals surface area (Å²) in [6, 6.07) is 11.7. The molecule has 0 radical (unpaired) electrons. The summed E-state index contributed by atoms with van der Waals surface area (Å²) in [7, 11) is 1.96. The molecule has 0 aliphatic rings. The first-order valence-electron chi connectivity index (χ1n) is 6.36. The highest BCUT2D eigenvalue weighted by Crippen LogP contribution is 2.30. The molecular formula is C15H11Br2N3OS. The summed E-state index contributed by atoms with van der Waals surface area (Å²) in [4.78, 5) is 0.797. The van der Waals surface area contributed by atoms with Gasteiger partial charge in [0, 0.05) is 17.1 Å². The first-order valence-corrected chi connectivity index (χ1v) is 8.76. The van der Waals surface area contributed by atoms with Gasteiger partial charge < -0.3 is 9.67 Å². The monoisotopic (exact) mass is 439 g/mol. The van der Waals surface area contributed by atoms with Crippen molar-refractivity contribution in [1.82, 2.24) is 4.57 Å². The summed E-state index contributed by atoms with van der Waals surface area (Å²) in [5.41, 5.74) is 1.71. The van der Waals surface area contributed by atoms with Crippen molar-refractivity contribution < 1.29 is 5.11 Å². The number of benzene rings is 2. The number of thiazole rings is 1. The Labute approximate surface area is 147 Å². The lowest BCUT2D eigenvalue weighted by Gasteiger charge is -2.01. The lowest BCUT2D eigenvalue weighted by molar-refractivity contribution is 0.471. The van der Waals surface area contributed by atoms with Gasteiger partial charge in [-0.3, -0.25) is 0 Å². The minimum atomic E-state index is 0.142. The molecule has 0 aliphatic heterocycles. The fourth-order valence-corrected chi connectivity index (χ4v) is 4.24. The molecule has 3 aromatic rings. The van der Waals surface area contributed by atoms with Crippen molar-refractivity contribution in [3.63, 3.8) is 0 Å². The fraction of sp³-hybridized carbons (Fsp3) is 0.0667. The second-order valence-electron chi connectivity index (χ2n) is 4.58. The predicted octanol–water partition coefficient (Wildman–Crippen LogP) is 4.41. The Morgan fingerprint density at radius 3 is 2.77 bits per heavy atom. The second kappa shape index (κ2) is 6.36. The molecule has 0 saturated heterocycles. The summed E-state index contributed by atoms with van der Waals surface area (Å²) in [6.07, 6.45) is 1.54. The number of nitrogens with zero attached hydrogens (tertiary/aromatic N) is 3. The molecule has 0 saturated carbocycles. The van der Waals surface area contributed by atoms with E-state index >= 15 is 0 Å². The SMILES string of the molecule is Cn1c(=NN=Cc2cc(Br)cc(Br)c2O)sc2ccccc21. The van der Waals surface area contributed by atoms with E-state index in [-0.39, 0.29) is 5.75 Å². The Balaban J connectivity index is 2.01. The molecule has 2 aromatic carbocycles. The van der Waals surface area contributed by atoms with Crippen LogP contribution in [-0.4, -0.2) is 15.9 Å². The largest absolute Gasteiger partial charge is 0.506 e. The lowest BCUT2D eigenvalue weighted by Crippen LogP contribution is -2.08. The maximum absolute atomic E-state index is 9.98. The van der Waals surface area contributed by atoms with Crippen LogP contribution in [0.2, 0.25) is 0 Å². The molecule has 0 amide bonds. The molecule has 0 atom stereocenters. The highest BCUT2D eigenvalue weighted by atomic mass is 79.9. The van der Waals surface area contributed by atoms with E-state index in [0.29, 0.717) is 10.0 Å². The van der Waals surface area contributed by atoms with Crippen LogP contribution in [0.1, 0.15) is 5.56 Å². The van der Waals surface area contributed by atoms with Crippen molar-refractivity contribution in [2.24, 2.45) is 17.3 Å². The summed E-state index contributed by atoms with van der Waals surface area (Å²) < 4.78 is 4.61. The first kappa shape index (κ1) is 15.5. The minimum Gasteiger partial charge on any atom is -0.506 e. The van der Waals surface area contributed by atoms with Crippen LogP contribution in [0.15, 0.2) is 55.5 Å².